The van der Waals surface area contributed by atoms with E-state index in [0.29, 0.717) is 5.70 Å². The van der Waals surface area contributed by atoms with E-state index in [1.54, 1.807) is 0 Å². The van der Waals surface area contributed by atoms with Crippen molar-refractivity contribution in [3.8, 4) is 0 Å². The summed E-state index contributed by atoms with van der Waals surface area (Å²) in [6, 6.07) is 0. The maximum atomic E-state index is 11.5. The van der Waals surface area contributed by atoms with Crippen LogP contribution in [0.5, 0.6) is 0 Å². The molecule has 1 N–H and O–H groups in total. The van der Waals surface area contributed by atoms with Gasteiger partial charge in [-0.1, -0.05) is 12.8 Å². The highest BCUT2D eigenvalue weighted by molar-refractivity contribution is 7.88. The highest BCUT2D eigenvalue weighted by Gasteiger charge is 2.28. The first kappa shape index (κ1) is 12.1. The van der Waals surface area contributed by atoms with Gasteiger partial charge in [0.05, 0.1) is 7.11 Å². The van der Waals surface area contributed by atoms with Gasteiger partial charge >= 0.3 is 16.2 Å². The number of hydrogen-bond acceptors (Lipinski definition) is 4. The van der Waals surface area contributed by atoms with Crippen molar-refractivity contribution < 1.29 is 17.9 Å². The summed E-state index contributed by atoms with van der Waals surface area (Å²) in [4.78, 5) is 11.3. The SMILES string of the molecule is COC(=O)C1=NS(=O)(=O)NC(C2CCCC2)=C1. The van der Waals surface area contributed by atoms with E-state index in [-0.39, 0.29) is 11.6 Å². The monoisotopic (exact) mass is 258 g/mol. The average Bonchev–Trinajstić information content (AvgIpc) is 2.79. The molecule has 2 aliphatic rings. The number of nitrogens with zero attached hydrogens (tertiary/aromatic N) is 1. The second kappa shape index (κ2) is 4.48. The molecular formula is C10H14N2O4S. The fraction of sp³-hybridized carbons (Fsp3) is 0.600. The van der Waals surface area contributed by atoms with E-state index >= 15 is 0 Å². The molecule has 0 unspecified atom stereocenters. The van der Waals surface area contributed by atoms with Crippen LogP contribution in [-0.2, 0) is 19.7 Å². The third kappa shape index (κ3) is 2.66. The van der Waals surface area contributed by atoms with Gasteiger partial charge in [-0.05, 0) is 24.8 Å². The molecule has 0 aromatic heterocycles. The first-order valence-electron chi connectivity index (χ1n) is 5.44. The van der Waals surface area contributed by atoms with Crippen molar-refractivity contribution in [3.63, 3.8) is 0 Å². The molecule has 0 atom stereocenters. The maximum absolute atomic E-state index is 11.5. The van der Waals surface area contributed by atoms with Crippen LogP contribution in [0.15, 0.2) is 16.2 Å². The van der Waals surface area contributed by atoms with Crippen LogP contribution in [0.3, 0.4) is 0 Å². The maximum Gasteiger partial charge on any atom is 0.357 e. The Morgan fingerprint density at radius 3 is 2.71 bits per heavy atom. The number of ether oxygens (including phenoxy) is 1. The van der Waals surface area contributed by atoms with E-state index < -0.39 is 16.2 Å². The standard InChI is InChI=1S/C10H14N2O4S/c1-16-10(13)9-6-8(7-4-2-3-5-7)11-17(14,15)12-9/h6-7,11H,2-5H2,1H3. The van der Waals surface area contributed by atoms with Crippen LogP contribution in [-0.4, -0.2) is 27.2 Å². The predicted octanol–water partition coefficient (Wildman–Crippen LogP) is 0.522. The Balaban J connectivity index is 2.31. The summed E-state index contributed by atoms with van der Waals surface area (Å²) in [5.74, 6) is -0.564. The number of esters is 1. The van der Waals surface area contributed by atoms with Crippen LogP contribution >= 0.6 is 0 Å². The Hall–Kier alpha value is -1.37. The first-order valence-corrected chi connectivity index (χ1v) is 6.88. The number of rotatable bonds is 2. The van der Waals surface area contributed by atoms with Gasteiger partial charge in [0.1, 0.15) is 0 Å². The first-order chi connectivity index (χ1) is 8.02. The molecule has 94 valence electrons. The van der Waals surface area contributed by atoms with Crippen molar-refractivity contribution in [2.24, 2.45) is 10.3 Å². The van der Waals surface area contributed by atoms with Crippen LogP contribution in [0.25, 0.3) is 0 Å². The van der Waals surface area contributed by atoms with Crippen molar-refractivity contribution in [2.45, 2.75) is 25.7 Å². The summed E-state index contributed by atoms with van der Waals surface area (Å²) in [5.41, 5.74) is 0.394. The van der Waals surface area contributed by atoms with Crippen molar-refractivity contribution in [2.75, 3.05) is 7.11 Å². The summed E-state index contributed by atoms with van der Waals surface area (Å²) in [6.45, 7) is 0. The van der Waals surface area contributed by atoms with Crippen molar-refractivity contribution in [3.05, 3.63) is 11.8 Å². The van der Waals surface area contributed by atoms with Crippen LogP contribution in [0.2, 0.25) is 0 Å². The van der Waals surface area contributed by atoms with Gasteiger partial charge in [0.15, 0.2) is 5.71 Å². The van der Waals surface area contributed by atoms with Crippen molar-refractivity contribution in [1.29, 1.82) is 0 Å². The summed E-state index contributed by atoms with van der Waals surface area (Å²) in [5, 5.41) is 0. The molecule has 2 rings (SSSR count). The highest BCUT2D eigenvalue weighted by Crippen LogP contribution is 2.31. The minimum Gasteiger partial charge on any atom is -0.464 e. The van der Waals surface area contributed by atoms with Gasteiger partial charge in [-0.15, -0.1) is 4.40 Å². The Labute approximate surface area is 99.9 Å². The normalized spacial score (nSPS) is 23.6. The molecule has 0 radical (unpaired) electrons. The van der Waals surface area contributed by atoms with Gasteiger partial charge in [-0.2, -0.15) is 8.42 Å². The van der Waals surface area contributed by atoms with E-state index in [0.717, 1.165) is 25.7 Å². The molecule has 0 aromatic rings. The zero-order valence-electron chi connectivity index (χ0n) is 9.47. The molecule has 0 spiro atoms. The van der Waals surface area contributed by atoms with E-state index in [4.69, 9.17) is 0 Å². The van der Waals surface area contributed by atoms with Gasteiger partial charge in [0, 0.05) is 5.70 Å². The zero-order chi connectivity index (χ0) is 12.5. The smallest absolute Gasteiger partial charge is 0.357 e. The van der Waals surface area contributed by atoms with E-state index in [1.165, 1.54) is 13.2 Å². The summed E-state index contributed by atoms with van der Waals surface area (Å²) < 4.78 is 33.2. The van der Waals surface area contributed by atoms with Crippen LogP contribution < -0.4 is 4.72 Å². The molecule has 0 saturated heterocycles. The summed E-state index contributed by atoms with van der Waals surface area (Å²) >= 11 is 0. The molecule has 6 nitrogen and oxygen atoms in total. The van der Waals surface area contributed by atoms with Gasteiger partial charge in [-0.25, -0.2) is 4.79 Å². The largest absolute Gasteiger partial charge is 0.464 e. The molecule has 1 aliphatic carbocycles. The molecule has 0 bridgehead atoms. The Morgan fingerprint density at radius 2 is 2.12 bits per heavy atom. The number of carbonyl (C=O) groups is 1. The molecular weight excluding hydrogens is 244 g/mol. The number of methoxy groups -OCH3 is 1. The number of allylic oxidation sites excluding steroid dienone is 1. The molecule has 17 heavy (non-hydrogen) atoms. The lowest BCUT2D eigenvalue weighted by Crippen LogP contribution is -2.32. The molecule has 1 heterocycles. The van der Waals surface area contributed by atoms with E-state index in [1.807, 2.05) is 0 Å². The lowest BCUT2D eigenvalue weighted by Gasteiger charge is -2.19. The quantitative estimate of drug-likeness (QED) is 0.732. The lowest BCUT2D eigenvalue weighted by atomic mass is 10.0. The molecule has 0 aromatic carbocycles. The van der Waals surface area contributed by atoms with Crippen LogP contribution in [0, 0.1) is 5.92 Å². The molecule has 0 amide bonds. The number of hydrogen-bond donors (Lipinski definition) is 1. The van der Waals surface area contributed by atoms with E-state index in [2.05, 4.69) is 13.9 Å². The predicted molar refractivity (Wildman–Crippen MR) is 61.5 cm³/mol. The minimum atomic E-state index is -3.80. The number of nitrogens with one attached hydrogen (secondary N) is 1. The van der Waals surface area contributed by atoms with Gasteiger partial charge in [0.25, 0.3) is 0 Å². The Kier molecular flexibility index (Phi) is 3.19. The Bertz CT molecular complexity index is 486. The third-order valence-electron chi connectivity index (χ3n) is 2.95. The fourth-order valence-electron chi connectivity index (χ4n) is 2.14. The molecule has 7 heteroatoms. The molecule has 1 fully saturated rings. The van der Waals surface area contributed by atoms with E-state index in [9.17, 15) is 13.2 Å². The fourth-order valence-corrected chi connectivity index (χ4v) is 3.10. The van der Waals surface area contributed by atoms with Crippen molar-refractivity contribution in [1.82, 2.24) is 4.72 Å². The highest BCUT2D eigenvalue weighted by atomic mass is 32.2. The van der Waals surface area contributed by atoms with Gasteiger partial charge < -0.3 is 4.74 Å². The zero-order valence-corrected chi connectivity index (χ0v) is 10.3. The van der Waals surface area contributed by atoms with Crippen LogP contribution in [0.1, 0.15) is 25.7 Å². The topological polar surface area (TPSA) is 84.8 Å². The second-order valence-corrected chi connectivity index (χ2v) is 5.46. The van der Waals surface area contributed by atoms with Crippen molar-refractivity contribution >= 4 is 21.9 Å². The molecule has 1 saturated carbocycles. The Morgan fingerprint density at radius 1 is 1.47 bits per heavy atom. The van der Waals surface area contributed by atoms with Gasteiger partial charge in [-0.3, -0.25) is 4.72 Å². The number of carbonyl (C=O) groups excluding carboxylic acids is 1. The third-order valence-corrected chi connectivity index (χ3v) is 3.88. The van der Waals surface area contributed by atoms with Crippen LogP contribution in [0.4, 0.5) is 0 Å². The molecule has 1 aliphatic heterocycles. The van der Waals surface area contributed by atoms with Gasteiger partial charge in [0.2, 0.25) is 0 Å². The second-order valence-electron chi connectivity index (χ2n) is 4.13. The average molecular weight is 258 g/mol. The summed E-state index contributed by atoms with van der Waals surface area (Å²) in [6.07, 6.45) is 5.50. The summed E-state index contributed by atoms with van der Waals surface area (Å²) in [7, 11) is -2.61. The lowest BCUT2D eigenvalue weighted by molar-refractivity contribution is -0.132. The minimum absolute atomic E-state index is 0.159.